The number of sulfone groups is 1. The predicted molar refractivity (Wildman–Crippen MR) is 83.1 cm³/mol. The summed E-state index contributed by atoms with van der Waals surface area (Å²) in [6.45, 7) is 4.22. The van der Waals surface area contributed by atoms with Gasteiger partial charge in [0.2, 0.25) is 0 Å². The van der Waals surface area contributed by atoms with Crippen molar-refractivity contribution in [1.29, 1.82) is 0 Å². The normalized spacial score (nSPS) is 22.1. The van der Waals surface area contributed by atoms with Crippen LogP contribution in [-0.2, 0) is 9.84 Å². The van der Waals surface area contributed by atoms with Gasteiger partial charge in [0.1, 0.15) is 5.25 Å². The van der Waals surface area contributed by atoms with Gasteiger partial charge in [0.05, 0.1) is 4.91 Å². The van der Waals surface area contributed by atoms with Crippen LogP contribution in [0.25, 0.3) is 0 Å². The minimum Gasteiger partial charge on any atom is -0.304 e. The van der Waals surface area contributed by atoms with Crippen LogP contribution in [0.15, 0.2) is 52.5 Å². The van der Waals surface area contributed by atoms with Gasteiger partial charge in [-0.25, -0.2) is 8.42 Å². The summed E-state index contributed by atoms with van der Waals surface area (Å²) >= 11 is 0. The molecule has 4 heteroatoms. The largest absolute Gasteiger partial charge is 0.304 e. The van der Waals surface area contributed by atoms with E-state index in [2.05, 4.69) is 0 Å². The molecule has 1 aliphatic rings. The first-order valence-corrected chi connectivity index (χ1v) is 8.20. The van der Waals surface area contributed by atoms with Crippen molar-refractivity contribution in [2.45, 2.75) is 19.1 Å². The fourth-order valence-electron chi connectivity index (χ4n) is 2.68. The Labute approximate surface area is 121 Å². The molecule has 3 nitrogen and oxygen atoms in total. The first-order chi connectivity index (χ1) is 9.34. The van der Waals surface area contributed by atoms with Gasteiger partial charge in [-0.2, -0.15) is 0 Å². The molecule has 20 heavy (non-hydrogen) atoms. The van der Waals surface area contributed by atoms with Crippen LogP contribution < -0.4 is 0 Å². The van der Waals surface area contributed by atoms with E-state index < -0.39 is 15.1 Å². The van der Waals surface area contributed by atoms with Crippen LogP contribution in [0.4, 0.5) is 0 Å². The highest BCUT2D eigenvalue weighted by molar-refractivity contribution is 7.95. The second-order valence-electron chi connectivity index (χ2n) is 5.57. The van der Waals surface area contributed by atoms with Crippen LogP contribution in [-0.4, -0.2) is 34.0 Å². The highest BCUT2D eigenvalue weighted by Gasteiger charge is 2.36. The highest BCUT2D eigenvalue weighted by atomic mass is 32.2. The monoisotopic (exact) mass is 291 g/mol. The number of hydrogen-bond acceptors (Lipinski definition) is 3. The first-order valence-electron chi connectivity index (χ1n) is 6.65. The summed E-state index contributed by atoms with van der Waals surface area (Å²) in [5.74, 6) is 0. The third kappa shape index (κ3) is 2.72. The lowest BCUT2D eigenvalue weighted by Crippen LogP contribution is -2.27. The SMILES string of the molecule is CC1=CC(C)=C(CN(C)C)S(=O)(=O)C1c1ccccc1. The second kappa shape index (κ2) is 5.54. The molecule has 0 aliphatic carbocycles. The molecule has 0 N–H and O–H groups in total. The Morgan fingerprint density at radius 3 is 2.25 bits per heavy atom. The number of nitrogens with zero attached hydrogens (tertiary/aromatic N) is 1. The average molecular weight is 291 g/mol. The average Bonchev–Trinajstić information content (AvgIpc) is 2.35. The van der Waals surface area contributed by atoms with Gasteiger partial charge in [-0.1, -0.05) is 42.0 Å². The van der Waals surface area contributed by atoms with E-state index in [9.17, 15) is 8.42 Å². The Kier molecular flexibility index (Phi) is 4.16. The summed E-state index contributed by atoms with van der Waals surface area (Å²) in [6.07, 6.45) is 2.00. The summed E-state index contributed by atoms with van der Waals surface area (Å²) in [5.41, 5.74) is 2.57. The van der Waals surface area contributed by atoms with Crippen molar-refractivity contribution < 1.29 is 8.42 Å². The predicted octanol–water partition coefficient (Wildman–Crippen LogP) is 2.94. The molecule has 1 aromatic rings. The van der Waals surface area contributed by atoms with Crippen LogP contribution in [0.3, 0.4) is 0 Å². The van der Waals surface area contributed by atoms with Crippen LogP contribution in [0.2, 0.25) is 0 Å². The van der Waals surface area contributed by atoms with Gasteiger partial charge in [-0.3, -0.25) is 0 Å². The van der Waals surface area contributed by atoms with E-state index in [1.165, 1.54) is 0 Å². The zero-order valence-electron chi connectivity index (χ0n) is 12.4. The van der Waals surface area contributed by atoms with Crippen LogP contribution in [0.5, 0.6) is 0 Å². The Morgan fingerprint density at radius 2 is 1.70 bits per heavy atom. The molecule has 0 saturated heterocycles. The molecule has 2 rings (SSSR count). The molecule has 1 heterocycles. The molecule has 1 unspecified atom stereocenters. The quantitative estimate of drug-likeness (QED) is 0.859. The van der Waals surface area contributed by atoms with E-state index in [-0.39, 0.29) is 0 Å². The number of hydrogen-bond donors (Lipinski definition) is 0. The first kappa shape index (κ1) is 15.0. The summed E-state index contributed by atoms with van der Waals surface area (Å²) < 4.78 is 25.9. The molecule has 0 aromatic heterocycles. The van der Waals surface area contributed by atoms with Crippen molar-refractivity contribution in [3.05, 3.63) is 58.0 Å². The van der Waals surface area contributed by atoms with Gasteiger partial charge in [0, 0.05) is 6.54 Å². The van der Waals surface area contributed by atoms with Gasteiger partial charge >= 0.3 is 0 Å². The number of benzene rings is 1. The molecule has 0 saturated carbocycles. The topological polar surface area (TPSA) is 37.4 Å². The molecular weight excluding hydrogens is 270 g/mol. The Hall–Kier alpha value is -1.39. The maximum absolute atomic E-state index is 12.9. The fourth-order valence-corrected chi connectivity index (χ4v) is 4.98. The molecular formula is C16H21NO2S. The lowest BCUT2D eigenvalue weighted by atomic mass is 10.0. The fraction of sp³-hybridized carbons (Fsp3) is 0.375. The molecule has 0 fully saturated rings. The summed E-state index contributed by atoms with van der Waals surface area (Å²) in [6, 6.07) is 9.44. The number of rotatable bonds is 3. The van der Waals surface area contributed by atoms with Crippen LogP contribution in [0.1, 0.15) is 24.7 Å². The van der Waals surface area contributed by atoms with E-state index in [1.54, 1.807) is 0 Å². The smallest absolute Gasteiger partial charge is 0.186 e. The molecule has 0 bridgehead atoms. The maximum atomic E-state index is 12.9. The van der Waals surface area contributed by atoms with Gasteiger partial charge in [-0.15, -0.1) is 0 Å². The minimum absolute atomic E-state index is 0.446. The molecule has 108 valence electrons. The summed E-state index contributed by atoms with van der Waals surface area (Å²) in [7, 11) is 0.434. The Morgan fingerprint density at radius 1 is 1.10 bits per heavy atom. The molecule has 1 aliphatic heterocycles. The standard InChI is InChI=1S/C16H21NO2S/c1-12-10-13(2)16(14-8-6-5-7-9-14)20(18,19)15(12)11-17(3)4/h5-10,16H,11H2,1-4H3. The van der Waals surface area contributed by atoms with E-state index in [0.717, 1.165) is 16.7 Å². The van der Waals surface area contributed by atoms with Crippen molar-refractivity contribution in [1.82, 2.24) is 4.90 Å². The van der Waals surface area contributed by atoms with Gasteiger partial charge < -0.3 is 4.90 Å². The lowest BCUT2D eigenvalue weighted by Gasteiger charge is -2.27. The molecule has 0 amide bonds. The summed E-state index contributed by atoms with van der Waals surface area (Å²) in [4.78, 5) is 2.43. The van der Waals surface area contributed by atoms with Crippen molar-refractivity contribution >= 4 is 9.84 Å². The third-order valence-electron chi connectivity index (χ3n) is 3.51. The van der Waals surface area contributed by atoms with Crippen LogP contribution >= 0.6 is 0 Å². The molecule has 1 aromatic carbocycles. The van der Waals surface area contributed by atoms with Gasteiger partial charge in [-0.05, 0) is 39.1 Å². The van der Waals surface area contributed by atoms with E-state index in [1.807, 2.05) is 69.3 Å². The Balaban J connectivity index is 2.56. The second-order valence-corrected chi connectivity index (χ2v) is 7.62. The van der Waals surface area contributed by atoms with Crippen molar-refractivity contribution in [2.24, 2.45) is 0 Å². The zero-order chi connectivity index (χ0) is 14.9. The van der Waals surface area contributed by atoms with E-state index in [0.29, 0.717) is 11.4 Å². The summed E-state index contributed by atoms with van der Waals surface area (Å²) in [5, 5.41) is -0.553. The molecule has 1 atom stereocenters. The van der Waals surface area contributed by atoms with Gasteiger partial charge in [0.15, 0.2) is 9.84 Å². The highest BCUT2D eigenvalue weighted by Crippen LogP contribution is 2.39. The molecule has 0 radical (unpaired) electrons. The van der Waals surface area contributed by atoms with Gasteiger partial charge in [0.25, 0.3) is 0 Å². The zero-order valence-corrected chi connectivity index (χ0v) is 13.2. The third-order valence-corrected chi connectivity index (χ3v) is 5.92. The molecule has 0 spiro atoms. The number of allylic oxidation sites excluding steroid dienone is 2. The Bertz CT molecular complexity index is 655. The van der Waals surface area contributed by atoms with Crippen molar-refractivity contribution in [3.63, 3.8) is 0 Å². The number of likely N-dealkylation sites (N-methyl/N-ethyl adjacent to an activating group) is 1. The maximum Gasteiger partial charge on any atom is 0.186 e. The van der Waals surface area contributed by atoms with E-state index >= 15 is 0 Å². The van der Waals surface area contributed by atoms with E-state index in [4.69, 9.17) is 0 Å². The lowest BCUT2D eigenvalue weighted by molar-refractivity contribution is 0.448. The minimum atomic E-state index is -3.34. The van der Waals surface area contributed by atoms with Crippen molar-refractivity contribution in [2.75, 3.05) is 20.6 Å². The van der Waals surface area contributed by atoms with Crippen LogP contribution in [0, 0.1) is 0 Å². The van der Waals surface area contributed by atoms with Crippen molar-refractivity contribution in [3.8, 4) is 0 Å².